The molecule has 4 nitrogen and oxygen atoms in total. The zero-order valence-electron chi connectivity index (χ0n) is 11.3. The van der Waals surface area contributed by atoms with E-state index in [2.05, 4.69) is 9.55 Å². The highest BCUT2D eigenvalue weighted by Gasteiger charge is 2.14. The number of hydrogen-bond donors (Lipinski definition) is 0. The van der Waals surface area contributed by atoms with Crippen LogP contribution in [0.2, 0.25) is 0 Å². The van der Waals surface area contributed by atoms with Gasteiger partial charge in [0.15, 0.2) is 0 Å². The molecule has 0 spiro atoms. The highest BCUT2D eigenvalue weighted by molar-refractivity contribution is 6.17. The summed E-state index contributed by atoms with van der Waals surface area (Å²) in [5.74, 6) is 0.661. The Balaban J connectivity index is 2.34. The van der Waals surface area contributed by atoms with E-state index in [1.54, 1.807) is 25.3 Å². The molecule has 5 heteroatoms. The molecule has 19 heavy (non-hydrogen) atoms. The summed E-state index contributed by atoms with van der Waals surface area (Å²) in [6.07, 6.45) is 3.80. The van der Waals surface area contributed by atoms with Crippen LogP contribution in [0.5, 0.6) is 0 Å². The SMILES string of the molecule is CN(C)C(=O)c1cccc2c1ncn2CCCCCl. The van der Waals surface area contributed by atoms with Crippen molar-refractivity contribution in [3.05, 3.63) is 30.1 Å². The Morgan fingerprint density at radius 3 is 2.84 bits per heavy atom. The number of carbonyl (C=O) groups excluding carboxylic acids is 1. The van der Waals surface area contributed by atoms with Crippen LogP contribution < -0.4 is 0 Å². The van der Waals surface area contributed by atoms with Crippen LogP contribution in [0.25, 0.3) is 11.0 Å². The minimum Gasteiger partial charge on any atom is -0.345 e. The average molecular weight is 280 g/mol. The number of benzene rings is 1. The summed E-state index contributed by atoms with van der Waals surface area (Å²) in [6, 6.07) is 5.72. The van der Waals surface area contributed by atoms with E-state index in [4.69, 9.17) is 11.6 Å². The van der Waals surface area contributed by atoms with Crippen molar-refractivity contribution in [1.82, 2.24) is 14.5 Å². The second-order valence-electron chi connectivity index (χ2n) is 4.71. The zero-order valence-corrected chi connectivity index (χ0v) is 12.0. The molecule has 1 aromatic carbocycles. The summed E-state index contributed by atoms with van der Waals surface area (Å²) in [6.45, 7) is 0.878. The van der Waals surface area contributed by atoms with Crippen LogP contribution in [0.3, 0.4) is 0 Å². The number of imidazole rings is 1. The molecule has 0 radical (unpaired) electrons. The number of carbonyl (C=O) groups is 1. The predicted molar refractivity (Wildman–Crippen MR) is 77.7 cm³/mol. The van der Waals surface area contributed by atoms with E-state index < -0.39 is 0 Å². The second kappa shape index (κ2) is 6.06. The largest absolute Gasteiger partial charge is 0.345 e. The Hall–Kier alpha value is -1.55. The van der Waals surface area contributed by atoms with Crippen LogP contribution in [0.15, 0.2) is 24.5 Å². The number of hydrogen-bond acceptors (Lipinski definition) is 2. The molecule has 2 aromatic rings. The van der Waals surface area contributed by atoms with Crippen LogP contribution in [0.1, 0.15) is 23.2 Å². The third kappa shape index (κ3) is 2.89. The molecule has 0 bridgehead atoms. The number of amides is 1. The van der Waals surface area contributed by atoms with Gasteiger partial charge in [0.1, 0.15) is 5.52 Å². The maximum absolute atomic E-state index is 12.1. The Labute approximate surface area is 118 Å². The van der Waals surface area contributed by atoms with Crippen LogP contribution in [0.4, 0.5) is 0 Å². The molecule has 102 valence electrons. The van der Waals surface area contributed by atoms with Gasteiger partial charge in [0.25, 0.3) is 5.91 Å². The standard InChI is InChI=1S/C14H18ClN3O/c1-17(2)14(19)11-6-5-7-12-13(11)16-10-18(12)9-4-3-8-15/h5-7,10H,3-4,8-9H2,1-2H3. The van der Waals surface area contributed by atoms with Crippen molar-refractivity contribution in [2.24, 2.45) is 0 Å². The van der Waals surface area contributed by atoms with Crippen molar-refractivity contribution in [3.8, 4) is 0 Å². The van der Waals surface area contributed by atoms with E-state index in [0.29, 0.717) is 11.4 Å². The minimum atomic E-state index is -0.0170. The quantitative estimate of drug-likeness (QED) is 0.623. The number of unbranched alkanes of at least 4 members (excludes halogenated alkanes) is 1. The summed E-state index contributed by atoms with van der Waals surface area (Å²) in [7, 11) is 3.50. The monoisotopic (exact) mass is 279 g/mol. The van der Waals surface area contributed by atoms with Gasteiger partial charge in [-0.05, 0) is 25.0 Å². The molecule has 1 aromatic heterocycles. The molecule has 0 N–H and O–H groups in total. The summed E-state index contributed by atoms with van der Waals surface area (Å²) in [5.41, 5.74) is 2.42. The molecule has 0 saturated carbocycles. The fourth-order valence-corrected chi connectivity index (χ4v) is 2.25. The van der Waals surface area contributed by atoms with Gasteiger partial charge in [-0.1, -0.05) is 6.07 Å². The number of nitrogens with zero attached hydrogens (tertiary/aromatic N) is 3. The first kappa shape index (κ1) is 13.9. The summed E-state index contributed by atoms with van der Waals surface area (Å²) in [5, 5.41) is 0. The van der Waals surface area contributed by atoms with Crippen molar-refractivity contribution in [2.45, 2.75) is 19.4 Å². The van der Waals surface area contributed by atoms with E-state index >= 15 is 0 Å². The lowest BCUT2D eigenvalue weighted by Gasteiger charge is -2.10. The molecule has 1 heterocycles. The van der Waals surface area contributed by atoms with Gasteiger partial charge >= 0.3 is 0 Å². The number of para-hydroxylation sites is 1. The lowest BCUT2D eigenvalue weighted by molar-refractivity contribution is 0.0829. The summed E-state index contributed by atoms with van der Waals surface area (Å²) < 4.78 is 2.08. The molecule has 0 saturated heterocycles. The Bertz CT molecular complexity index is 577. The lowest BCUT2D eigenvalue weighted by atomic mass is 10.1. The summed E-state index contributed by atoms with van der Waals surface area (Å²) >= 11 is 5.69. The lowest BCUT2D eigenvalue weighted by Crippen LogP contribution is -2.21. The molecule has 2 rings (SSSR count). The normalized spacial score (nSPS) is 10.9. The highest BCUT2D eigenvalue weighted by atomic mass is 35.5. The Morgan fingerprint density at radius 1 is 1.37 bits per heavy atom. The van der Waals surface area contributed by atoms with Gasteiger partial charge in [-0.3, -0.25) is 4.79 Å². The third-order valence-corrected chi connectivity index (χ3v) is 3.34. The van der Waals surface area contributed by atoms with Crippen LogP contribution in [0, 0.1) is 0 Å². The van der Waals surface area contributed by atoms with Crippen LogP contribution in [-0.4, -0.2) is 40.3 Å². The van der Waals surface area contributed by atoms with Crippen molar-refractivity contribution < 1.29 is 4.79 Å². The summed E-state index contributed by atoms with van der Waals surface area (Å²) in [4.78, 5) is 18.0. The number of aromatic nitrogens is 2. The predicted octanol–water partition coefficient (Wildman–Crippen LogP) is 2.76. The van der Waals surface area contributed by atoms with Gasteiger partial charge in [0, 0.05) is 26.5 Å². The first-order chi connectivity index (χ1) is 9.15. The minimum absolute atomic E-state index is 0.0170. The van der Waals surface area contributed by atoms with Gasteiger partial charge in [-0.15, -0.1) is 11.6 Å². The van der Waals surface area contributed by atoms with Crippen molar-refractivity contribution in [1.29, 1.82) is 0 Å². The molecule has 0 fully saturated rings. The van der Waals surface area contributed by atoms with Crippen molar-refractivity contribution in [2.75, 3.05) is 20.0 Å². The number of aryl methyl sites for hydroxylation is 1. The molecule has 0 unspecified atom stereocenters. The van der Waals surface area contributed by atoms with Crippen molar-refractivity contribution >= 4 is 28.5 Å². The zero-order chi connectivity index (χ0) is 13.8. The highest BCUT2D eigenvalue weighted by Crippen LogP contribution is 2.19. The maximum atomic E-state index is 12.1. The fraction of sp³-hybridized carbons (Fsp3) is 0.429. The second-order valence-corrected chi connectivity index (χ2v) is 5.08. The Kier molecular flexibility index (Phi) is 4.43. The van der Waals surface area contributed by atoms with Gasteiger partial charge in [-0.2, -0.15) is 0 Å². The van der Waals surface area contributed by atoms with E-state index in [0.717, 1.165) is 30.4 Å². The Morgan fingerprint density at radius 2 is 2.16 bits per heavy atom. The van der Waals surface area contributed by atoms with Crippen LogP contribution in [-0.2, 0) is 6.54 Å². The van der Waals surface area contributed by atoms with Gasteiger partial charge in [0.05, 0.1) is 17.4 Å². The van der Waals surface area contributed by atoms with Gasteiger partial charge < -0.3 is 9.47 Å². The number of halogens is 1. The van der Waals surface area contributed by atoms with E-state index in [1.807, 2.05) is 18.2 Å². The van der Waals surface area contributed by atoms with Gasteiger partial charge in [-0.25, -0.2) is 4.98 Å². The van der Waals surface area contributed by atoms with Gasteiger partial charge in [0.2, 0.25) is 0 Å². The first-order valence-corrected chi connectivity index (χ1v) is 6.90. The number of rotatable bonds is 5. The van der Waals surface area contributed by atoms with E-state index in [-0.39, 0.29) is 5.91 Å². The smallest absolute Gasteiger partial charge is 0.255 e. The molecule has 0 aliphatic rings. The maximum Gasteiger partial charge on any atom is 0.255 e. The third-order valence-electron chi connectivity index (χ3n) is 3.07. The topological polar surface area (TPSA) is 38.1 Å². The van der Waals surface area contributed by atoms with Crippen LogP contribution >= 0.6 is 11.6 Å². The van der Waals surface area contributed by atoms with E-state index in [1.165, 1.54) is 0 Å². The average Bonchev–Trinajstić information content (AvgIpc) is 2.81. The molecule has 0 atom stereocenters. The molecule has 1 amide bonds. The molecular formula is C14H18ClN3O. The number of alkyl halides is 1. The first-order valence-electron chi connectivity index (χ1n) is 6.36. The number of fused-ring (bicyclic) bond motifs is 1. The fourth-order valence-electron chi connectivity index (χ4n) is 2.06. The van der Waals surface area contributed by atoms with Crippen molar-refractivity contribution in [3.63, 3.8) is 0 Å². The molecule has 0 aliphatic carbocycles. The van der Waals surface area contributed by atoms with E-state index in [9.17, 15) is 4.79 Å². The molecule has 0 aliphatic heterocycles. The molecular weight excluding hydrogens is 262 g/mol.